The number of methoxy groups -OCH3 is 1. The van der Waals surface area contributed by atoms with Gasteiger partial charge in [0.25, 0.3) is 0 Å². The number of ether oxygens (including phenoxy) is 3. The van der Waals surface area contributed by atoms with Gasteiger partial charge >= 0.3 is 5.97 Å². The SMILES string of the molecule is COCO[C@@]12C/C=C\CC(OC(C)=O)C[C@]1(C)CC[C@H]2C(C)C. The number of fused-ring (bicyclic) bond motifs is 1. The van der Waals surface area contributed by atoms with E-state index >= 15 is 0 Å². The third-order valence-electron chi connectivity index (χ3n) is 5.86. The lowest BCUT2D eigenvalue weighted by molar-refractivity contribution is -0.204. The highest BCUT2D eigenvalue weighted by molar-refractivity contribution is 5.66. The first-order chi connectivity index (χ1) is 10.8. The van der Waals surface area contributed by atoms with E-state index in [1.54, 1.807) is 7.11 Å². The summed E-state index contributed by atoms with van der Waals surface area (Å²) >= 11 is 0. The van der Waals surface area contributed by atoms with Crippen molar-refractivity contribution in [3.05, 3.63) is 12.2 Å². The summed E-state index contributed by atoms with van der Waals surface area (Å²) in [5.74, 6) is 0.839. The quantitative estimate of drug-likeness (QED) is 0.434. The average molecular weight is 324 g/mol. The van der Waals surface area contributed by atoms with Gasteiger partial charge in [-0.3, -0.25) is 4.79 Å². The van der Waals surface area contributed by atoms with Gasteiger partial charge < -0.3 is 14.2 Å². The lowest BCUT2D eigenvalue weighted by atomic mass is 9.64. The van der Waals surface area contributed by atoms with E-state index in [1.807, 2.05) is 0 Å². The van der Waals surface area contributed by atoms with E-state index in [1.165, 1.54) is 6.92 Å². The van der Waals surface area contributed by atoms with Crippen LogP contribution < -0.4 is 0 Å². The van der Waals surface area contributed by atoms with Gasteiger partial charge in [-0.15, -0.1) is 0 Å². The minimum Gasteiger partial charge on any atom is -0.462 e. The summed E-state index contributed by atoms with van der Waals surface area (Å²) in [4.78, 5) is 11.4. The minimum absolute atomic E-state index is 0.00859. The Morgan fingerprint density at radius 3 is 2.70 bits per heavy atom. The molecule has 2 rings (SSSR count). The lowest BCUT2D eigenvalue weighted by Gasteiger charge is -2.49. The van der Waals surface area contributed by atoms with E-state index in [9.17, 15) is 4.79 Å². The fourth-order valence-electron chi connectivity index (χ4n) is 4.83. The van der Waals surface area contributed by atoms with Gasteiger partial charge in [0.1, 0.15) is 12.9 Å². The van der Waals surface area contributed by atoms with Gasteiger partial charge in [0, 0.05) is 25.9 Å². The van der Waals surface area contributed by atoms with Crippen LogP contribution in [0.5, 0.6) is 0 Å². The molecule has 4 nitrogen and oxygen atoms in total. The number of esters is 1. The number of hydrogen-bond acceptors (Lipinski definition) is 4. The maximum absolute atomic E-state index is 11.4. The molecule has 4 heteroatoms. The van der Waals surface area contributed by atoms with Gasteiger partial charge in [-0.25, -0.2) is 0 Å². The molecule has 0 radical (unpaired) electrons. The Labute approximate surface area is 140 Å². The predicted octanol–water partition coefficient (Wildman–Crippen LogP) is 4.09. The van der Waals surface area contributed by atoms with Crippen LogP contribution in [0.15, 0.2) is 12.2 Å². The maximum atomic E-state index is 11.4. The second-order valence-electron chi connectivity index (χ2n) is 7.74. The van der Waals surface area contributed by atoms with Crippen LogP contribution in [-0.4, -0.2) is 31.6 Å². The molecule has 0 aromatic rings. The molecule has 2 aliphatic carbocycles. The lowest BCUT2D eigenvalue weighted by Crippen LogP contribution is -2.52. The van der Waals surface area contributed by atoms with Gasteiger partial charge in [-0.2, -0.15) is 0 Å². The molecule has 0 heterocycles. The molecule has 1 fully saturated rings. The van der Waals surface area contributed by atoms with E-state index in [0.29, 0.717) is 18.6 Å². The first kappa shape index (κ1) is 18.5. The summed E-state index contributed by atoms with van der Waals surface area (Å²) in [6.07, 6.45) is 9.09. The summed E-state index contributed by atoms with van der Waals surface area (Å²) in [5, 5.41) is 0. The number of carbonyl (C=O) groups excluding carboxylic acids is 1. The zero-order chi connectivity index (χ0) is 17.1. The van der Waals surface area contributed by atoms with Crippen LogP contribution in [0.25, 0.3) is 0 Å². The van der Waals surface area contributed by atoms with E-state index in [0.717, 1.165) is 32.1 Å². The third kappa shape index (κ3) is 3.63. The highest BCUT2D eigenvalue weighted by Crippen LogP contribution is 2.59. The van der Waals surface area contributed by atoms with Crippen molar-refractivity contribution in [2.24, 2.45) is 17.3 Å². The summed E-state index contributed by atoms with van der Waals surface area (Å²) in [6.45, 7) is 8.66. The van der Waals surface area contributed by atoms with Crippen molar-refractivity contribution >= 4 is 5.97 Å². The Morgan fingerprint density at radius 1 is 1.35 bits per heavy atom. The van der Waals surface area contributed by atoms with Crippen molar-refractivity contribution in [1.29, 1.82) is 0 Å². The fourth-order valence-corrected chi connectivity index (χ4v) is 4.83. The smallest absolute Gasteiger partial charge is 0.302 e. The Kier molecular flexibility index (Phi) is 5.90. The first-order valence-corrected chi connectivity index (χ1v) is 8.80. The molecule has 0 aromatic carbocycles. The van der Waals surface area contributed by atoms with Gasteiger partial charge in [-0.05, 0) is 37.5 Å². The molecule has 0 aromatic heterocycles. The van der Waals surface area contributed by atoms with Crippen LogP contribution in [-0.2, 0) is 19.0 Å². The third-order valence-corrected chi connectivity index (χ3v) is 5.86. The molecule has 0 N–H and O–H groups in total. The van der Waals surface area contributed by atoms with Crippen molar-refractivity contribution in [2.45, 2.75) is 71.5 Å². The molecule has 0 aliphatic heterocycles. The van der Waals surface area contributed by atoms with Crippen molar-refractivity contribution in [2.75, 3.05) is 13.9 Å². The van der Waals surface area contributed by atoms with E-state index in [-0.39, 0.29) is 23.1 Å². The van der Waals surface area contributed by atoms with Crippen LogP contribution in [0.2, 0.25) is 0 Å². The molecule has 23 heavy (non-hydrogen) atoms. The van der Waals surface area contributed by atoms with Crippen LogP contribution in [0.1, 0.15) is 59.8 Å². The molecule has 4 atom stereocenters. The largest absolute Gasteiger partial charge is 0.462 e. The Morgan fingerprint density at radius 2 is 2.09 bits per heavy atom. The van der Waals surface area contributed by atoms with Gasteiger partial charge in [0.15, 0.2) is 0 Å². The molecule has 0 amide bonds. The average Bonchev–Trinajstić information content (AvgIpc) is 2.71. The van der Waals surface area contributed by atoms with Crippen molar-refractivity contribution < 1.29 is 19.0 Å². The molecule has 0 spiro atoms. The Hall–Kier alpha value is -0.870. The van der Waals surface area contributed by atoms with E-state index < -0.39 is 0 Å². The maximum Gasteiger partial charge on any atom is 0.302 e. The molecule has 0 bridgehead atoms. The molecule has 0 saturated heterocycles. The fraction of sp³-hybridized carbons (Fsp3) is 0.842. The zero-order valence-electron chi connectivity index (χ0n) is 15.3. The molecule has 1 saturated carbocycles. The Bertz CT molecular complexity index is 445. The number of carbonyl (C=O) groups is 1. The van der Waals surface area contributed by atoms with Crippen LogP contribution >= 0.6 is 0 Å². The standard InChI is InChI=1S/C19H32O4/c1-14(2)17-9-11-18(4)12-16(23-15(3)20)8-6-7-10-19(17,18)22-13-21-5/h6-7,14,16-17H,8-13H2,1-5H3/b7-6-/t16?,17-,18-,19+/m0/s1. The zero-order valence-corrected chi connectivity index (χ0v) is 15.3. The monoisotopic (exact) mass is 324 g/mol. The molecular weight excluding hydrogens is 292 g/mol. The highest BCUT2D eigenvalue weighted by atomic mass is 16.7. The topological polar surface area (TPSA) is 44.8 Å². The van der Waals surface area contributed by atoms with Crippen LogP contribution in [0.4, 0.5) is 0 Å². The molecule has 1 unspecified atom stereocenters. The molecule has 132 valence electrons. The summed E-state index contributed by atoms with van der Waals surface area (Å²) < 4.78 is 17.2. The van der Waals surface area contributed by atoms with E-state index in [4.69, 9.17) is 14.2 Å². The second kappa shape index (κ2) is 7.35. The molecular formula is C19H32O4. The van der Waals surface area contributed by atoms with Gasteiger partial charge in [0.05, 0.1) is 5.60 Å². The highest BCUT2D eigenvalue weighted by Gasteiger charge is 2.59. The summed E-state index contributed by atoms with van der Waals surface area (Å²) in [5.41, 5.74) is -0.252. The second-order valence-corrected chi connectivity index (χ2v) is 7.74. The van der Waals surface area contributed by atoms with Gasteiger partial charge in [0.2, 0.25) is 0 Å². The minimum atomic E-state index is -0.244. The summed E-state index contributed by atoms with van der Waals surface area (Å²) in [7, 11) is 1.67. The number of rotatable bonds is 5. The van der Waals surface area contributed by atoms with E-state index in [2.05, 4.69) is 32.9 Å². The normalized spacial score (nSPS) is 38.7. The van der Waals surface area contributed by atoms with Crippen molar-refractivity contribution in [1.82, 2.24) is 0 Å². The number of hydrogen-bond donors (Lipinski definition) is 0. The molecule has 2 aliphatic rings. The van der Waals surface area contributed by atoms with Crippen molar-refractivity contribution in [3.63, 3.8) is 0 Å². The predicted molar refractivity (Wildman–Crippen MR) is 89.9 cm³/mol. The van der Waals surface area contributed by atoms with Crippen LogP contribution in [0, 0.1) is 17.3 Å². The van der Waals surface area contributed by atoms with Crippen LogP contribution in [0.3, 0.4) is 0 Å². The Balaban J connectivity index is 2.36. The van der Waals surface area contributed by atoms with Crippen molar-refractivity contribution in [3.8, 4) is 0 Å². The summed E-state index contributed by atoms with van der Waals surface area (Å²) in [6, 6.07) is 0. The van der Waals surface area contributed by atoms with Gasteiger partial charge in [-0.1, -0.05) is 32.9 Å². The first-order valence-electron chi connectivity index (χ1n) is 8.80.